The Morgan fingerprint density at radius 3 is 2.72 bits per heavy atom. The van der Waals surface area contributed by atoms with Gasteiger partial charge in [0.2, 0.25) is 5.91 Å². The second-order valence-electron chi connectivity index (χ2n) is 6.95. The van der Waals surface area contributed by atoms with Crippen LogP contribution in [0.3, 0.4) is 0 Å². The number of nitrogens with zero attached hydrogens (tertiary/aromatic N) is 3. The summed E-state index contributed by atoms with van der Waals surface area (Å²) in [5.41, 5.74) is 2.49. The number of nitrogens with one attached hydrogen (secondary N) is 1. The fraction of sp³-hybridized carbons (Fsp3) is 0.174. The van der Waals surface area contributed by atoms with E-state index in [0.29, 0.717) is 34.0 Å². The Kier molecular flexibility index (Phi) is 6.82. The predicted octanol–water partition coefficient (Wildman–Crippen LogP) is 5.29. The van der Waals surface area contributed by atoms with Crippen LogP contribution in [0, 0.1) is 6.92 Å². The molecule has 2 heterocycles. The summed E-state index contributed by atoms with van der Waals surface area (Å²) in [6.07, 6.45) is 1.63. The van der Waals surface area contributed by atoms with Gasteiger partial charge in [0.25, 0.3) is 0 Å². The maximum Gasteiger partial charge on any atom is 0.234 e. The van der Waals surface area contributed by atoms with Crippen molar-refractivity contribution in [1.29, 1.82) is 0 Å². The van der Waals surface area contributed by atoms with Crippen molar-refractivity contribution >= 4 is 35.0 Å². The third-order valence-corrected chi connectivity index (χ3v) is 5.97. The fourth-order valence-corrected chi connectivity index (χ4v) is 4.12. The van der Waals surface area contributed by atoms with E-state index in [1.165, 1.54) is 11.8 Å². The molecule has 1 N–H and O–H groups in total. The van der Waals surface area contributed by atoms with Crippen molar-refractivity contribution < 1.29 is 13.9 Å². The molecular formula is C23H21ClN4O3S. The van der Waals surface area contributed by atoms with Gasteiger partial charge in [-0.15, -0.1) is 10.2 Å². The summed E-state index contributed by atoms with van der Waals surface area (Å²) in [4.78, 5) is 12.6. The van der Waals surface area contributed by atoms with Crippen LogP contribution in [0.5, 0.6) is 5.75 Å². The van der Waals surface area contributed by atoms with E-state index in [2.05, 4.69) is 15.5 Å². The number of halogens is 1. The number of aromatic nitrogens is 3. The van der Waals surface area contributed by atoms with E-state index in [4.69, 9.17) is 20.8 Å². The Morgan fingerprint density at radius 2 is 2.00 bits per heavy atom. The van der Waals surface area contributed by atoms with Crippen LogP contribution in [0.1, 0.15) is 11.3 Å². The monoisotopic (exact) mass is 468 g/mol. The number of anilines is 1. The van der Waals surface area contributed by atoms with Gasteiger partial charge in [0, 0.05) is 5.02 Å². The molecule has 4 rings (SSSR count). The standard InChI is InChI=1S/C23H21ClN4O3S/c1-15-18(10-11-31-15)22-26-27-23(28(22)13-16-6-4-3-5-7-16)32-14-21(29)25-19-12-17(24)8-9-20(19)30-2/h3-12H,13-14H2,1-2H3,(H,25,29). The fourth-order valence-electron chi connectivity index (χ4n) is 3.21. The van der Waals surface area contributed by atoms with Gasteiger partial charge in [0.1, 0.15) is 11.5 Å². The lowest BCUT2D eigenvalue weighted by atomic mass is 10.2. The average molecular weight is 469 g/mol. The molecule has 164 valence electrons. The highest BCUT2D eigenvalue weighted by Gasteiger charge is 2.19. The average Bonchev–Trinajstić information content (AvgIpc) is 3.38. The summed E-state index contributed by atoms with van der Waals surface area (Å²) in [7, 11) is 1.54. The lowest BCUT2D eigenvalue weighted by Crippen LogP contribution is -2.15. The zero-order valence-corrected chi connectivity index (χ0v) is 19.1. The van der Waals surface area contributed by atoms with Crippen LogP contribution in [0.15, 0.2) is 70.4 Å². The van der Waals surface area contributed by atoms with E-state index >= 15 is 0 Å². The van der Waals surface area contributed by atoms with Gasteiger partial charge in [0.15, 0.2) is 11.0 Å². The normalized spacial score (nSPS) is 10.8. The zero-order chi connectivity index (χ0) is 22.5. The Bertz CT molecular complexity index is 1220. The van der Waals surface area contributed by atoms with Gasteiger partial charge in [-0.2, -0.15) is 0 Å². The Labute approximate surface area is 194 Å². The van der Waals surface area contributed by atoms with Crippen molar-refractivity contribution in [3.05, 3.63) is 77.2 Å². The van der Waals surface area contributed by atoms with Crippen LogP contribution >= 0.6 is 23.4 Å². The SMILES string of the molecule is COc1ccc(Cl)cc1NC(=O)CSc1nnc(-c2ccoc2C)n1Cc1ccccc1. The second-order valence-corrected chi connectivity index (χ2v) is 8.33. The number of carbonyl (C=O) groups is 1. The maximum absolute atomic E-state index is 12.6. The molecule has 2 aromatic carbocycles. The first-order chi connectivity index (χ1) is 15.5. The molecule has 0 atom stereocenters. The molecule has 4 aromatic rings. The molecule has 2 aromatic heterocycles. The van der Waals surface area contributed by atoms with Crippen molar-refractivity contribution in [2.75, 3.05) is 18.2 Å². The number of rotatable bonds is 8. The molecule has 0 bridgehead atoms. The van der Waals surface area contributed by atoms with Crippen molar-refractivity contribution in [2.24, 2.45) is 0 Å². The van der Waals surface area contributed by atoms with Gasteiger partial charge < -0.3 is 14.5 Å². The number of carbonyl (C=O) groups excluding carboxylic acids is 1. The largest absolute Gasteiger partial charge is 0.495 e. The molecule has 0 saturated heterocycles. The van der Waals surface area contributed by atoms with Crippen LogP contribution in [-0.4, -0.2) is 33.5 Å². The number of aryl methyl sites for hydroxylation is 1. The van der Waals surface area contributed by atoms with Gasteiger partial charge in [0.05, 0.1) is 36.9 Å². The molecule has 0 aliphatic rings. The number of benzene rings is 2. The van der Waals surface area contributed by atoms with Crippen LogP contribution in [0.4, 0.5) is 5.69 Å². The Hall–Kier alpha value is -3.23. The van der Waals surface area contributed by atoms with Crippen molar-refractivity contribution in [1.82, 2.24) is 14.8 Å². The minimum atomic E-state index is -0.203. The van der Waals surface area contributed by atoms with E-state index < -0.39 is 0 Å². The number of hydrogen-bond acceptors (Lipinski definition) is 6. The van der Waals surface area contributed by atoms with Gasteiger partial charge >= 0.3 is 0 Å². The van der Waals surface area contributed by atoms with E-state index in [1.54, 1.807) is 31.6 Å². The molecule has 0 saturated carbocycles. The predicted molar refractivity (Wildman–Crippen MR) is 125 cm³/mol. The first kappa shape index (κ1) is 22.0. The third-order valence-electron chi connectivity index (χ3n) is 4.77. The van der Waals surface area contributed by atoms with Gasteiger partial charge in [-0.25, -0.2) is 0 Å². The molecule has 1 amide bonds. The highest BCUT2D eigenvalue weighted by Crippen LogP contribution is 2.30. The molecule has 7 nitrogen and oxygen atoms in total. The summed E-state index contributed by atoms with van der Waals surface area (Å²) in [6, 6.07) is 17.0. The van der Waals surface area contributed by atoms with Gasteiger partial charge in [-0.05, 0) is 36.8 Å². The summed E-state index contributed by atoms with van der Waals surface area (Å²) >= 11 is 7.36. The van der Waals surface area contributed by atoms with Crippen LogP contribution in [0.2, 0.25) is 5.02 Å². The number of furan rings is 1. The first-order valence-corrected chi connectivity index (χ1v) is 11.2. The van der Waals surface area contributed by atoms with Crippen LogP contribution in [-0.2, 0) is 11.3 Å². The molecule has 9 heteroatoms. The minimum Gasteiger partial charge on any atom is -0.495 e. The number of amides is 1. The highest BCUT2D eigenvalue weighted by atomic mass is 35.5. The topological polar surface area (TPSA) is 82.2 Å². The molecular weight excluding hydrogens is 448 g/mol. The van der Waals surface area contributed by atoms with Crippen LogP contribution in [0.25, 0.3) is 11.4 Å². The van der Waals surface area contributed by atoms with E-state index in [0.717, 1.165) is 16.9 Å². The lowest BCUT2D eigenvalue weighted by molar-refractivity contribution is -0.113. The third kappa shape index (κ3) is 4.98. The molecule has 0 fully saturated rings. The number of ether oxygens (including phenoxy) is 1. The molecule has 0 aliphatic heterocycles. The van der Waals surface area contributed by atoms with E-state index in [1.807, 2.05) is 47.9 Å². The van der Waals surface area contributed by atoms with Gasteiger partial charge in [-0.3, -0.25) is 9.36 Å². The quantitative estimate of drug-likeness (QED) is 0.354. The summed E-state index contributed by atoms with van der Waals surface area (Å²) < 4.78 is 12.7. The first-order valence-electron chi connectivity index (χ1n) is 9.83. The Balaban J connectivity index is 1.54. The van der Waals surface area contributed by atoms with Crippen molar-refractivity contribution in [3.8, 4) is 17.1 Å². The number of thioether (sulfide) groups is 1. The van der Waals surface area contributed by atoms with Crippen molar-refractivity contribution in [2.45, 2.75) is 18.6 Å². The summed E-state index contributed by atoms with van der Waals surface area (Å²) in [5.74, 6) is 1.93. The van der Waals surface area contributed by atoms with E-state index in [9.17, 15) is 4.79 Å². The zero-order valence-electron chi connectivity index (χ0n) is 17.5. The van der Waals surface area contributed by atoms with E-state index in [-0.39, 0.29) is 11.7 Å². The molecule has 32 heavy (non-hydrogen) atoms. The summed E-state index contributed by atoms with van der Waals surface area (Å²) in [5, 5.41) is 12.7. The summed E-state index contributed by atoms with van der Waals surface area (Å²) in [6.45, 7) is 2.45. The second kappa shape index (κ2) is 9.93. The molecule has 0 unspecified atom stereocenters. The lowest BCUT2D eigenvalue weighted by Gasteiger charge is -2.12. The van der Waals surface area contributed by atoms with Crippen LogP contribution < -0.4 is 10.1 Å². The number of hydrogen-bond donors (Lipinski definition) is 1. The minimum absolute atomic E-state index is 0.146. The van der Waals surface area contributed by atoms with Gasteiger partial charge in [-0.1, -0.05) is 53.7 Å². The number of methoxy groups -OCH3 is 1. The Morgan fingerprint density at radius 1 is 1.19 bits per heavy atom. The maximum atomic E-state index is 12.6. The molecule has 0 spiro atoms. The molecule has 0 radical (unpaired) electrons. The highest BCUT2D eigenvalue weighted by molar-refractivity contribution is 7.99. The van der Waals surface area contributed by atoms with Crippen molar-refractivity contribution in [3.63, 3.8) is 0 Å². The smallest absolute Gasteiger partial charge is 0.234 e. The molecule has 0 aliphatic carbocycles.